The van der Waals surface area contributed by atoms with Gasteiger partial charge in [0.25, 0.3) is 0 Å². The molecule has 0 saturated heterocycles. The highest BCUT2D eigenvalue weighted by molar-refractivity contribution is 6.08. The Bertz CT molecular complexity index is 418. The zero-order valence-corrected chi connectivity index (χ0v) is 10.1. The first kappa shape index (κ1) is 13.2. The zero-order chi connectivity index (χ0) is 12.7. The molecular weight excluding hydrogens is 216 g/mol. The maximum atomic E-state index is 11.8. The van der Waals surface area contributed by atoms with Crippen LogP contribution in [-0.2, 0) is 9.53 Å². The van der Waals surface area contributed by atoms with Crippen molar-refractivity contribution >= 4 is 11.8 Å². The van der Waals surface area contributed by atoms with Gasteiger partial charge in [-0.2, -0.15) is 0 Å². The topological polar surface area (TPSA) is 43.4 Å². The first-order valence-electron chi connectivity index (χ1n) is 5.66. The van der Waals surface area contributed by atoms with Gasteiger partial charge in [0.1, 0.15) is 0 Å². The van der Waals surface area contributed by atoms with Gasteiger partial charge in [-0.3, -0.25) is 4.79 Å². The van der Waals surface area contributed by atoms with Crippen molar-refractivity contribution in [2.75, 3.05) is 6.61 Å². The molecule has 1 rings (SSSR count). The van der Waals surface area contributed by atoms with E-state index in [2.05, 4.69) is 0 Å². The number of carbonyl (C=O) groups is 2. The minimum atomic E-state index is -0.417. The maximum Gasteiger partial charge on any atom is 0.334 e. The summed E-state index contributed by atoms with van der Waals surface area (Å²) in [6.07, 6.45) is 1.84. The molecule has 0 heterocycles. The van der Waals surface area contributed by atoms with Crippen molar-refractivity contribution in [3.8, 4) is 0 Å². The number of esters is 1. The second kappa shape index (κ2) is 6.63. The van der Waals surface area contributed by atoms with Gasteiger partial charge in [-0.15, -0.1) is 0 Å². The van der Waals surface area contributed by atoms with Crippen molar-refractivity contribution in [3.63, 3.8) is 0 Å². The molecule has 0 saturated carbocycles. The average molecular weight is 232 g/mol. The van der Waals surface area contributed by atoms with Crippen LogP contribution in [-0.4, -0.2) is 18.4 Å². The Balaban J connectivity index is 2.86. The standard InChI is InChI=1S/C14H16O3/c1-3-11(14(16)17-4-2)10-13(15)12-8-6-5-7-9-12/h5-10H,3-4H2,1-2H3/b11-10+. The number of rotatable bonds is 5. The van der Waals surface area contributed by atoms with Crippen LogP contribution in [0.4, 0.5) is 0 Å². The molecule has 0 aliphatic rings. The summed E-state index contributed by atoms with van der Waals surface area (Å²) in [6.45, 7) is 3.88. The Kier molecular flexibility index (Phi) is 5.14. The predicted molar refractivity (Wildman–Crippen MR) is 65.8 cm³/mol. The van der Waals surface area contributed by atoms with E-state index in [0.717, 1.165) is 0 Å². The number of allylic oxidation sites excluding steroid dienone is 1. The lowest BCUT2D eigenvalue weighted by Crippen LogP contribution is -2.09. The largest absolute Gasteiger partial charge is 0.463 e. The lowest BCUT2D eigenvalue weighted by Gasteiger charge is -2.03. The molecule has 0 atom stereocenters. The monoisotopic (exact) mass is 232 g/mol. The van der Waals surface area contributed by atoms with Crippen LogP contribution < -0.4 is 0 Å². The van der Waals surface area contributed by atoms with Gasteiger partial charge in [0.15, 0.2) is 5.78 Å². The molecule has 0 bridgehead atoms. The van der Waals surface area contributed by atoms with E-state index in [-0.39, 0.29) is 5.78 Å². The molecule has 0 amide bonds. The molecule has 1 aromatic carbocycles. The molecule has 0 fully saturated rings. The third-order valence-corrected chi connectivity index (χ3v) is 2.28. The Labute approximate surface area is 101 Å². The summed E-state index contributed by atoms with van der Waals surface area (Å²) in [4.78, 5) is 23.3. The number of benzene rings is 1. The molecule has 3 nitrogen and oxygen atoms in total. The van der Waals surface area contributed by atoms with E-state index in [0.29, 0.717) is 24.2 Å². The summed E-state index contributed by atoms with van der Waals surface area (Å²) in [5.41, 5.74) is 0.975. The second-order valence-electron chi connectivity index (χ2n) is 3.47. The van der Waals surface area contributed by atoms with Gasteiger partial charge in [-0.25, -0.2) is 4.79 Å². The summed E-state index contributed by atoms with van der Waals surface area (Å²) in [5, 5.41) is 0. The molecule has 17 heavy (non-hydrogen) atoms. The van der Waals surface area contributed by atoms with Gasteiger partial charge in [0.2, 0.25) is 0 Å². The molecule has 90 valence electrons. The van der Waals surface area contributed by atoms with E-state index in [1.165, 1.54) is 6.08 Å². The van der Waals surface area contributed by atoms with Gasteiger partial charge in [-0.1, -0.05) is 37.3 Å². The molecule has 0 radical (unpaired) electrons. The normalized spacial score (nSPS) is 11.1. The van der Waals surface area contributed by atoms with E-state index in [1.54, 1.807) is 31.2 Å². The van der Waals surface area contributed by atoms with Gasteiger partial charge < -0.3 is 4.74 Å². The number of hydrogen-bond donors (Lipinski definition) is 0. The third-order valence-electron chi connectivity index (χ3n) is 2.28. The van der Waals surface area contributed by atoms with Crippen LogP contribution in [0.15, 0.2) is 42.0 Å². The fourth-order valence-electron chi connectivity index (χ4n) is 1.37. The van der Waals surface area contributed by atoms with Crippen LogP contribution in [0, 0.1) is 0 Å². The van der Waals surface area contributed by atoms with E-state index >= 15 is 0 Å². The summed E-state index contributed by atoms with van der Waals surface area (Å²) >= 11 is 0. The molecular formula is C14H16O3. The number of ketones is 1. The van der Waals surface area contributed by atoms with Crippen LogP contribution in [0.2, 0.25) is 0 Å². The first-order chi connectivity index (χ1) is 8.19. The van der Waals surface area contributed by atoms with Crippen molar-refractivity contribution in [1.82, 2.24) is 0 Å². The third kappa shape index (κ3) is 3.87. The summed E-state index contributed by atoms with van der Waals surface area (Å²) in [6, 6.07) is 8.86. The summed E-state index contributed by atoms with van der Waals surface area (Å²) in [5.74, 6) is -0.588. The predicted octanol–water partition coefficient (Wildman–Crippen LogP) is 2.77. The summed E-state index contributed by atoms with van der Waals surface area (Å²) < 4.78 is 4.87. The van der Waals surface area contributed by atoms with Crippen molar-refractivity contribution in [2.24, 2.45) is 0 Å². The van der Waals surface area contributed by atoms with Crippen LogP contribution in [0.1, 0.15) is 30.6 Å². The summed E-state index contributed by atoms with van der Waals surface area (Å²) in [7, 11) is 0. The van der Waals surface area contributed by atoms with Gasteiger partial charge in [-0.05, 0) is 19.4 Å². The fourth-order valence-corrected chi connectivity index (χ4v) is 1.37. The van der Waals surface area contributed by atoms with Crippen LogP contribution in [0.5, 0.6) is 0 Å². The van der Waals surface area contributed by atoms with Gasteiger partial charge in [0, 0.05) is 11.1 Å². The highest BCUT2D eigenvalue weighted by Gasteiger charge is 2.11. The van der Waals surface area contributed by atoms with E-state index < -0.39 is 5.97 Å². The Hall–Kier alpha value is -1.90. The molecule has 0 N–H and O–H groups in total. The first-order valence-corrected chi connectivity index (χ1v) is 5.66. The van der Waals surface area contributed by atoms with Crippen molar-refractivity contribution < 1.29 is 14.3 Å². The van der Waals surface area contributed by atoms with E-state index in [9.17, 15) is 9.59 Å². The SMILES string of the molecule is CCOC(=O)/C(=C/C(=O)c1ccccc1)CC. The van der Waals surface area contributed by atoms with Crippen molar-refractivity contribution in [1.29, 1.82) is 0 Å². The minimum absolute atomic E-state index is 0.171. The molecule has 1 aromatic rings. The Morgan fingerprint density at radius 2 is 1.82 bits per heavy atom. The number of ether oxygens (including phenoxy) is 1. The molecule has 0 aliphatic heterocycles. The van der Waals surface area contributed by atoms with E-state index in [1.807, 2.05) is 13.0 Å². The molecule has 0 aliphatic carbocycles. The van der Waals surface area contributed by atoms with Crippen LogP contribution in [0.3, 0.4) is 0 Å². The average Bonchev–Trinajstić information content (AvgIpc) is 2.37. The highest BCUT2D eigenvalue weighted by atomic mass is 16.5. The molecule has 0 aromatic heterocycles. The van der Waals surface area contributed by atoms with Crippen LogP contribution >= 0.6 is 0 Å². The number of hydrogen-bond acceptors (Lipinski definition) is 3. The highest BCUT2D eigenvalue weighted by Crippen LogP contribution is 2.08. The van der Waals surface area contributed by atoms with Crippen LogP contribution in [0.25, 0.3) is 0 Å². The van der Waals surface area contributed by atoms with Gasteiger partial charge >= 0.3 is 5.97 Å². The zero-order valence-electron chi connectivity index (χ0n) is 10.1. The lowest BCUT2D eigenvalue weighted by molar-refractivity contribution is -0.138. The lowest BCUT2D eigenvalue weighted by atomic mass is 10.1. The minimum Gasteiger partial charge on any atom is -0.463 e. The molecule has 0 spiro atoms. The Morgan fingerprint density at radius 1 is 1.18 bits per heavy atom. The smallest absolute Gasteiger partial charge is 0.334 e. The quantitative estimate of drug-likeness (QED) is 0.445. The molecule has 3 heteroatoms. The van der Waals surface area contributed by atoms with E-state index in [4.69, 9.17) is 4.74 Å². The fraction of sp³-hybridized carbons (Fsp3) is 0.286. The second-order valence-corrected chi connectivity index (χ2v) is 3.47. The Morgan fingerprint density at radius 3 is 2.35 bits per heavy atom. The van der Waals surface area contributed by atoms with Crippen molar-refractivity contribution in [2.45, 2.75) is 20.3 Å². The van der Waals surface area contributed by atoms with Crippen molar-refractivity contribution in [3.05, 3.63) is 47.5 Å². The number of carbonyl (C=O) groups excluding carboxylic acids is 2. The van der Waals surface area contributed by atoms with Gasteiger partial charge in [0.05, 0.1) is 6.61 Å². The maximum absolute atomic E-state index is 11.8. The molecule has 0 unspecified atom stereocenters.